The number of carbonyl (C=O) groups excluding carboxylic acids is 1. The van der Waals surface area contributed by atoms with E-state index in [0.717, 1.165) is 16.2 Å². The van der Waals surface area contributed by atoms with E-state index < -0.39 is 17.9 Å². The Morgan fingerprint density at radius 3 is 2.72 bits per heavy atom. The molecule has 0 aliphatic carbocycles. The summed E-state index contributed by atoms with van der Waals surface area (Å²) in [6.45, 7) is 1.26. The fraction of sp³-hybridized carbons (Fsp3) is 0.273. The number of aromatic hydroxyl groups is 1. The van der Waals surface area contributed by atoms with E-state index in [1.807, 2.05) is 0 Å². The summed E-state index contributed by atoms with van der Waals surface area (Å²) in [5.74, 6) is -1.29. The highest BCUT2D eigenvalue weighted by atomic mass is 79.9. The van der Waals surface area contributed by atoms with Crippen molar-refractivity contribution in [2.24, 2.45) is 0 Å². The second-order valence-corrected chi connectivity index (χ2v) is 5.49. The Balaban J connectivity index is 2.69. The highest BCUT2D eigenvalue weighted by molar-refractivity contribution is 9.10. The summed E-state index contributed by atoms with van der Waals surface area (Å²) in [7, 11) is 0. The molecule has 1 rings (SSSR count). The van der Waals surface area contributed by atoms with Crippen LogP contribution in [0.15, 0.2) is 27.6 Å². The van der Waals surface area contributed by atoms with Gasteiger partial charge in [-0.1, -0.05) is 15.9 Å². The predicted octanol–water partition coefficient (Wildman–Crippen LogP) is 1.84. The Hall–Kier alpha value is -1.21. The molecule has 0 fully saturated rings. The van der Waals surface area contributed by atoms with Gasteiger partial charge in [0.15, 0.2) is 0 Å². The number of phenolic OH excluding ortho intramolecular Hbond substituents is 1. The zero-order valence-electron chi connectivity index (χ0n) is 9.51. The first kappa shape index (κ1) is 14.8. The number of carboxylic acids is 1. The van der Waals surface area contributed by atoms with Gasteiger partial charge >= 0.3 is 5.97 Å². The van der Waals surface area contributed by atoms with E-state index in [4.69, 9.17) is 5.11 Å². The lowest BCUT2D eigenvalue weighted by Gasteiger charge is -2.13. The molecule has 98 valence electrons. The Morgan fingerprint density at radius 1 is 1.50 bits per heavy atom. The van der Waals surface area contributed by atoms with Crippen molar-refractivity contribution in [3.8, 4) is 5.75 Å². The first-order valence-electron chi connectivity index (χ1n) is 5.01. The molecule has 0 heterocycles. The molecule has 1 atom stereocenters. The number of carboxylic acid groups (broad SMARTS) is 1. The Kier molecular flexibility index (Phi) is 5.49. The topological polar surface area (TPSA) is 86.6 Å². The lowest BCUT2D eigenvalue weighted by atomic mass is 10.3. The van der Waals surface area contributed by atoms with E-state index in [9.17, 15) is 14.7 Å². The molecular formula is C11H12BrNO4S. The van der Waals surface area contributed by atoms with Gasteiger partial charge < -0.3 is 15.5 Å². The number of aliphatic carboxylic acids is 1. The van der Waals surface area contributed by atoms with Gasteiger partial charge in [0, 0.05) is 17.1 Å². The molecule has 0 saturated carbocycles. The minimum Gasteiger partial charge on any atom is -0.507 e. The Bertz CT molecular complexity index is 466. The number of phenols is 1. The van der Waals surface area contributed by atoms with Gasteiger partial charge in [0.1, 0.15) is 11.8 Å². The molecule has 0 aliphatic heterocycles. The summed E-state index contributed by atoms with van der Waals surface area (Å²) in [5.41, 5.74) is 0. The molecule has 0 saturated heterocycles. The molecule has 0 radical (unpaired) electrons. The van der Waals surface area contributed by atoms with Crippen LogP contribution in [0, 0.1) is 0 Å². The molecule has 18 heavy (non-hydrogen) atoms. The van der Waals surface area contributed by atoms with Crippen molar-refractivity contribution in [1.29, 1.82) is 0 Å². The maximum atomic E-state index is 10.9. The molecule has 1 amide bonds. The van der Waals surface area contributed by atoms with E-state index in [0.29, 0.717) is 4.90 Å². The van der Waals surface area contributed by atoms with Crippen LogP contribution in [0.3, 0.4) is 0 Å². The first-order chi connectivity index (χ1) is 8.40. The number of benzene rings is 1. The van der Waals surface area contributed by atoms with E-state index in [2.05, 4.69) is 21.2 Å². The summed E-state index contributed by atoms with van der Waals surface area (Å²) in [5, 5.41) is 20.8. The zero-order chi connectivity index (χ0) is 13.7. The number of hydrogen-bond donors (Lipinski definition) is 3. The lowest BCUT2D eigenvalue weighted by molar-refractivity contribution is -0.140. The maximum absolute atomic E-state index is 10.9. The highest BCUT2D eigenvalue weighted by Crippen LogP contribution is 2.31. The number of rotatable bonds is 5. The third-order valence-corrected chi connectivity index (χ3v) is 3.63. The van der Waals surface area contributed by atoms with Crippen molar-refractivity contribution in [3.05, 3.63) is 22.7 Å². The molecular weight excluding hydrogens is 322 g/mol. The van der Waals surface area contributed by atoms with Crippen LogP contribution in [-0.4, -0.2) is 33.9 Å². The average Bonchev–Trinajstić information content (AvgIpc) is 2.27. The third kappa shape index (κ3) is 4.58. The molecule has 7 heteroatoms. The molecule has 0 aromatic heterocycles. The summed E-state index contributed by atoms with van der Waals surface area (Å²) in [6.07, 6.45) is 0. The van der Waals surface area contributed by atoms with Crippen molar-refractivity contribution in [1.82, 2.24) is 5.32 Å². The van der Waals surface area contributed by atoms with E-state index >= 15 is 0 Å². The van der Waals surface area contributed by atoms with Crippen molar-refractivity contribution in [2.75, 3.05) is 5.75 Å². The largest absolute Gasteiger partial charge is 0.507 e. The van der Waals surface area contributed by atoms with Crippen molar-refractivity contribution in [2.45, 2.75) is 17.9 Å². The molecule has 0 bridgehead atoms. The standard InChI is InChI=1S/C11H12BrNO4S/c1-6(14)13-8(11(16)17)5-18-10-4-7(12)2-3-9(10)15/h2-4,8,15H,5H2,1H3,(H,13,14)(H,16,17). The zero-order valence-corrected chi connectivity index (χ0v) is 11.9. The molecule has 1 aromatic carbocycles. The first-order valence-corrected chi connectivity index (χ1v) is 6.79. The number of amides is 1. The SMILES string of the molecule is CC(=O)NC(CSc1cc(Br)ccc1O)C(=O)O. The fourth-order valence-electron chi connectivity index (χ4n) is 1.20. The van der Waals surface area contributed by atoms with Crippen LogP contribution in [0.4, 0.5) is 0 Å². The van der Waals surface area contributed by atoms with Crippen LogP contribution in [-0.2, 0) is 9.59 Å². The van der Waals surface area contributed by atoms with Crippen molar-refractivity contribution >= 4 is 39.6 Å². The van der Waals surface area contributed by atoms with Gasteiger partial charge in [0.25, 0.3) is 0 Å². The molecule has 3 N–H and O–H groups in total. The Labute approximate surface area is 117 Å². The normalized spacial score (nSPS) is 11.9. The summed E-state index contributed by atoms with van der Waals surface area (Å²) < 4.78 is 0.786. The van der Waals surface area contributed by atoms with Gasteiger partial charge in [-0.15, -0.1) is 11.8 Å². The minimum absolute atomic E-state index is 0.0789. The van der Waals surface area contributed by atoms with Crippen LogP contribution in [0.1, 0.15) is 6.92 Å². The van der Waals surface area contributed by atoms with Gasteiger partial charge in [0.2, 0.25) is 5.91 Å². The predicted molar refractivity (Wildman–Crippen MR) is 71.8 cm³/mol. The van der Waals surface area contributed by atoms with Crippen LogP contribution >= 0.6 is 27.7 Å². The van der Waals surface area contributed by atoms with E-state index in [1.165, 1.54) is 13.0 Å². The summed E-state index contributed by atoms with van der Waals surface area (Å²) >= 11 is 4.43. The molecule has 0 aliphatic rings. The summed E-state index contributed by atoms with van der Waals surface area (Å²) in [6, 6.07) is 3.90. The Morgan fingerprint density at radius 2 is 2.17 bits per heavy atom. The monoisotopic (exact) mass is 333 g/mol. The number of halogens is 1. The van der Waals surface area contributed by atoms with Gasteiger partial charge in [0.05, 0.1) is 4.90 Å². The number of hydrogen-bond acceptors (Lipinski definition) is 4. The lowest BCUT2D eigenvalue weighted by Crippen LogP contribution is -2.41. The quantitative estimate of drug-likeness (QED) is 0.716. The van der Waals surface area contributed by atoms with Crippen molar-refractivity contribution < 1.29 is 19.8 Å². The van der Waals surface area contributed by atoms with Gasteiger partial charge in [-0.3, -0.25) is 4.79 Å². The molecule has 1 unspecified atom stereocenters. The molecule has 0 spiro atoms. The van der Waals surface area contributed by atoms with Gasteiger partial charge in [-0.05, 0) is 18.2 Å². The van der Waals surface area contributed by atoms with Crippen LogP contribution < -0.4 is 5.32 Å². The third-order valence-electron chi connectivity index (χ3n) is 2.00. The summed E-state index contributed by atoms with van der Waals surface area (Å²) in [4.78, 5) is 22.3. The van der Waals surface area contributed by atoms with Crippen LogP contribution in [0.2, 0.25) is 0 Å². The molecule has 1 aromatic rings. The van der Waals surface area contributed by atoms with E-state index in [-0.39, 0.29) is 11.5 Å². The van der Waals surface area contributed by atoms with E-state index in [1.54, 1.807) is 12.1 Å². The average molecular weight is 334 g/mol. The second-order valence-electron chi connectivity index (χ2n) is 3.51. The highest BCUT2D eigenvalue weighted by Gasteiger charge is 2.19. The number of carbonyl (C=O) groups is 2. The van der Waals surface area contributed by atoms with Crippen LogP contribution in [0.5, 0.6) is 5.75 Å². The fourth-order valence-corrected chi connectivity index (χ4v) is 2.71. The van der Waals surface area contributed by atoms with Crippen molar-refractivity contribution in [3.63, 3.8) is 0 Å². The van der Waals surface area contributed by atoms with Gasteiger partial charge in [-0.25, -0.2) is 4.79 Å². The second kappa shape index (κ2) is 6.65. The number of thioether (sulfide) groups is 1. The molecule has 5 nitrogen and oxygen atoms in total. The maximum Gasteiger partial charge on any atom is 0.327 e. The minimum atomic E-state index is -1.10. The number of nitrogens with one attached hydrogen (secondary N) is 1. The smallest absolute Gasteiger partial charge is 0.327 e. The van der Waals surface area contributed by atoms with Gasteiger partial charge in [-0.2, -0.15) is 0 Å². The van der Waals surface area contributed by atoms with Crippen LogP contribution in [0.25, 0.3) is 0 Å².